The largest absolute Gasteiger partial charge is 0.481 e. The van der Waals surface area contributed by atoms with E-state index in [1.54, 1.807) is 7.05 Å². The number of H-pyrrole nitrogens is 1. The molecule has 0 atom stereocenters. The van der Waals surface area contributed by atoms with Crippen molar-refractivity contribution in [1.29, 1.82) is 0 Å². The van der Waals surface area contributed by atoms with Crippen molar-refractivity contribution in [3.05, 3.63) is 30.0 Å². The van der Waals surface area contributed by atoms with Crippen LogP contribution in [-0.4, -0.2) is 70.6 Å². The average Bonchev–Trinajstić information content (AvgIpc) is 3.33. The minimum Gasteiger partial charge on any atom is -0.481 e. The number of morpholine rings is 1. The van der Waals surface area contributed by atoms with Gasteiger partial charge in [0.25, 0.3) is 0 Å². The summed E-state index contributed by atoms with van der Waals surface area (Å²) in [6.45, 7) is 2.66. The van der Waals surface area contributed by atoms with E-state index in [-0.39, 0.29) is 17.9 Å². The number of ether oxygens (including phenoxy) is 1. The second kappa shape index (κ2) is 9.87. The van der Waals surface area contributed by atoms with Gasteiger partial charge < -0.3 is 25.4 Å². The van der Waals surface area contributed by atoms with Gasteiger partial charge in [-0.3, -0.25) is 9.89 Å². The van der Waals surface area contributed by atoms with E-state index in [4.69, 9.17) is 14.7 Å². The average molecular weight is 480 g/mol. The Morgan fingerprint density at radius 1 is 1.09 bits per heavy atom. The smallest absolute Gasteiger partial charge is 0.318 e. The summed E-state index contributed by atoms with van der Waals surface area (Å²) in [5, 5.41) is 23.3. The molecule has 11 heteroatoms. The molecule has 0 unspecified atom stereocenters. The fraction of sp³-hybridized carbons (Fsp3) is 0.458. The molecule has 11 nitrogen and oxygen atoms in total. The van der Waals surface area contributed by atoms with Crippen molar-refractivity contribution in [1.82, 2.24) is 25.5 Å². The Bertz CT molecular complexity index is 1210. The molecule has 1 aliphatic heterocycles. The van der Waals surface area contributed by atoms with Crippen molar-refractivity contribution in [3.8, 4) is 11.3 Å². The van der Waals surface area contributed by atoms with Crippen LogP contribution in [0, 0.1) is 5.92 Å². The van der Waals surface area contributed by atoms with Crippen LogP contribution in [0.5, 0.6) is 0 Å². The lowest BCUT2D eigenvalue weighted by molar-refractivity contribution is -0.142. The third-order valence-electron chi connectivity index (χ3n) is 6.84. The van der Waals surface area contributed by atoms with Gasteiger partial charge in [-0.2, -0.15) is 10.1 Å². The molecule has 2 aliphatic rings. The molecule has 0 bridgehead atoms. The van der Waals surface area contributed by atoms with Crippen molar-refractivity contribution < 1.29 is 19.4 Å². The second-order valence-electron chi connectivity index (χ2n) is 8.97. The molecule has 35 heavy (non-hydrogen) atoms. The maximum Gasteiger partial charge on any atom is 0.318 e. The zero-order valence-corrected chi connectivity index (χ0v) is 19.6. The summed E-state index contributed by atoms with van der Waals surface area (Å²) < 4.78 is 5.49. The van der Waals surface area contributed by atoms with Crippen molar-refractivity contribution in [2.45, 2.75) is 31.6 Å². The summed E-state index contributed by atoms with van der Waals surface area (Å²) >= 11 is 0. The molecule has 0 radical (unpaired) electrons. The third kappa shape index (κ3) is 4.76. The number of hydrogen-bond acceptors (Lipinski definition) is 7. The molecule has 5 rings (SSSR count). The van der Waals surface area contributed by atoms with Crippen LogP contribution in [0.3, 0.4) is 0 Å². The van der Waals surface area contributed by atoms with Crippen LogP contribution in [0.2, 0.25) is 0 Å². The fourth-order valence-electron chi connectivity index (χ4n) is 4.87. The van der Waals surface area contributed by atoms with E-state index >= 15 is 0 Å². The molecule has 2 amide bonds. The van der Waals surface area contributed by atoms with Gasteiger partial charge in [-0.15, -0.1) is 0 Å². The normalized spacial score (nSPS) is 20.5. The number of aliphatic carboxylic acids is 1. The topological polar surface area (TPSA) is 145 Å². The maximum atomic E-state index is 11.7. The fourth-order valence-corrected chi connectivity index (χ4v) is 4.87. The molecule has 2 aromatic heterocycles. The zero-order chi connectivity index (χ0) is 24.4. The lowest BCUT2D eigenvalue weighted by Gasteiger charge is -2.27. The molecule has 3 heterocycles. The molecule has 1 saturated carbocycles. The van der Waals surface area contributed by atoms with Crippen LogP contribution in [0.25, 0.3) is 22.3 Å². The number of carboxylic acid groups (broad SMARTS) is 1. The molecule has 1 aromatic carbocycles. The number of amides is 2. The number of benzene rings is 1. The van der Waals surface area contributed by atoms with Gasteiger partial charge in [0.15, 0.2) is 5.65 Å². The zero-order valence-electron chi connectivity index (χ0n) is 19.6. The van der Waals surface area contributed by atoms with Crippen molar-refractivity contribution in [2.24, 2.45) is 5.92 Å². The maximum absolute atomic E-state index is 11.7. The molecule has 1 aliphatic carbocycles. The number of anilines is 2. The van der Waals surface area contributed by atoms with Gasteiger partial charge in [0.05, 0.1) is 35.9 Å². The number of nitrogens with one attached hydrogen (secondary N) is 3. The van der Waals surface area contributed by atoms with Gasteiger partial charge >= 0.3 is 12.0 Å². The minimum absolute atomic E-state index is 0.144. The molecule has 3 aromatic rings. The first-order chi connectivity index (χ1) is 17.0. The predicted octanol–water partition coefficient (Wildman–Crippen LogP) is 2.97. The van der Waals surface area contributed by atoms with Crippen molar-refractivity contribution in [3.63, 3.8) is 0 Å². The Labute approximate surface area is 202 Å². The summed E-state index contributed by atoms with van der Waals surface area (Å²) in [7, 11) is 1.57. The second-order valence-corrected chi connectivity index (χ2v) is 8.97. The van der Waals surface area contributed by atoms with Gasteiger partial charge in [0, 0.05) is 37.3 Å². The molecule has 4 N–H and O–H groups in total. The summed E-state index contributed by atoms with van der Waals surface area (Å²) in [4.78, 5) is 35.0. The summed E-state index contributed by atoms with van der Waals surface area (Å²) in [6, 6.07) is 7.24. The number of nitrogens with zero attached hydrogens (tertiary/aromatic N) is 4. The van der Waals surface area contributed by atoms with E-state index in [9.17, 15) is 14.7 Å². The summed E-state index contributed by atoms with van der Waals surface area (Å²) in [5.41, 5.74) is 3.88. The van der Waals surface area contributed by atoms with Crippen molar-refractivity contribution >= 4 is 34.7 Å². The van der Waals surface area contributed by atoms with Crippen molar-refractivity contribution in [2.75, 3.05) is 43.6 Å². The number of aromatic amines is 1. The van der Waals surface area contributed by atoms with Crippen LogP contribution < -0.4 is 15.5 Å². The van der Waals surface area contributed by atoms with Gasteiger partial charge in [-0.1, -0.05) is 12.1 Å². The van der Waals surface area contributed by atoms with E-state index in [0.29, 0.717) is 56.4 Å². The highest BCUT2D eigenvalue weighted by atomic mass is 16.5. The monoisotopic (exact) mass is 479 g/mol. The first-order valence-electron chi connectivity index (χ1n) is 11.9. The molecule has 184 valence electrons. The van der Waals surface area contributed by atoms with Gasteiger partial charge in [0.1, 0.15) is 0 Å². The number of carboxylic acids is 1. The minimum atomic E-state index is -0.722. The van der Waals surface area contributed by atoms with E-state index < -0.39 is 5.97 Å². The van der Waals surface area contributed by atoms with Crippen LogP contribution in [0.4, 0.5) is 16.4 Å². The highest BCUT2D eigenvalue weighted by Crippen LogP contribution is 2.40. The van der Waals surface area contributed by atoms with E-state index in [1.807, 2.05) is 24.3 Å². The number of rotatable bonds is 5. The number of hydrogen-bond donors (Lipinski definition) is 4. The molecular weight excluding hydrogens is 450 g/mol. The van der Waals surface area contributed by atoms with Gasteiger partial charge in [-0.25, -0.2) is 9.78 Å². The number of carbonyl (C=O) groups excluding carboxylic acids is 1. The molecular formula is C24H29N7O4. The Kier molecular flexibility index (Phi) is 6.49. The highest BCUT2D eigenvalue weighted by Gasteiger charge is 2.31. The number of fused-ring (bicyclic) bond motifs is 1. The molecule has 0 spiro atoms. The van der Waals surface area contributed by atoms with E-state index in [0.717, 1.165) is 35.2 Å². The number of urea groups is 1. The van der Waals surface area contributed by atoms with Gasteiger partial charge in [-0.05, 0) is 37.8 Å². The molecule has 2 fully saturated rings. The predicted molar refractivity (Wildman–Crippen MR) is 131 cm³/mol. The van der Waals surface area contributed by atoms with Crippen LogP contribution >= 0.6 is 0 Å². The standard InChI is InChI=1S/C24H29N7O4/c1-25-24(34)26-17-8-6-14(7-9-17)19-18-20(15-2-4-16(5-3-15)22(32)33)29-30-21(18)28-23(27-19)31-10-12-35-13-11-31/h6-9,15-16H,2-5,10-13H2,1H3,(H,32,33)(H2,25,26,34)(H,27,28,29,30). The SMILES string of the molecule is CNC(=O)Nc1ccc(-c2nc(N3CCOCC3)nc3[nH]nc(C4CCC(C(=O)O)CC4)c23)cc1. The van der Waals surface area contributed by atoms with Crippen LogP contribution in [0.15, 0.2) is 24.3 Å². The highest BCUT2D eigenvalue weighted by molar-refractivity contribution is 5.94. The van der Waals surface area contributed by atoms with Crippen LogP contribution in [-0.2, 0) is 9.53 Å². The Balaban J connectivity index is 1.54. The third-order valence-corrected chi connectivity index (χ3v) is 6.84. The Morgan fingerprint density at radius 3 is 2.46 bits per heavy atom. The Hall–Kier alpha value is -3.73. The first kappa shape index (κ1) is 23.0. The number of carbonyl (C=O) groups is 2. The summed E-state index contributed by atoms with van der Waals surface area (Å²) in [5.74, 6) is -0.251. The summed E-state index contributed by atoms with van der Waals surface area (Å²) in [6.07, 6.45) is 2.79. The quantitative estimate of drug-likeness (QED) is 0.437. The lowest BCUT2D eigenvalue weighted by Crippen LogP contribution is -2.37. The lowest BCUT2D eigenvalue weighted by atomic mass is 9.80. The first-order valence-corrected chi connectivity index (χ1v) is 11.9. The van der Waals surface area contributed by atoms with Gasteiger partial charge in [0.2, 0.25) is 5.95 Å². The molecule has 1 saturated heterocycles. The van der Waals surface area contributed by atoms with Crippen LogP contribution in [0.1, 0.15) is 37.3 Å². The number of aromatic nitrogens is 4. The van der Waals surface area contributed by atoms with E-state index in [1.165, 1.54) is 0 Å². The van der Waals surface area contributed by atoms with E-state index in [2.05, 4.69) is 25.7 Å². The Morgan fingerprint density at radius 2 is 1.80 bits per heavy atom.